The third kappa shape index (κ3) is 5.19. The van der Waals surface area contributed by atoms with E-state index in [0.717, 1.165) is 51.2 Å². The van der Waals surface area contributed by atoms with Gasteiger partial charge in [0.2, 0.25) is 0 Å². The van der Waals surface area contributed by atoms with Crippen LogP contribution in [0.2, 0.25) is 0 Å². The van der Waals surface area contributed by atoms with Gasteiger partial charge in [0, 0.05) is 51.0 Å². The molecule has 0 N–H and O–H groups in total. The molecule has 0 aliphatic carbocycles. The summed E-state index contributed by atoms with van der Waals surface area (Å²) in [5.41, 5.74) is 5.17. The predicted molar refractivity (Wildman–Crippen MR) is 153 cm³/mol. The summed E-state index contributed by atoms with van der Waals surface area (Å²) < 4.78 is 17.2. The molecule has 4 aromatic heterocycles. The van der Waals surface area contributed by atoms with Crippen molar-refractivity contribution in [1.82, 2.24) is 33.8 Å². The van der Waals surface area contributed by atoms with Gasteiger partial charge in [-0.1, -0.05) is 24.3 Å². The fourth-order valence-electron chi connectivity index (χ4n) is 4.85. The van der Waals surface area contributed by atoms with Gasteiger partial charge < -0.3 is 18.3 Å². The van der Waals surface area contributed by atoms with Crippen molar-refractivity contribution in [3.63, 3.8) is 0 Å². The molecule has 0 amide bonds. The van der Waals surface area contributed by atoms with Crippen LogP contribution >= 0.6 is 0 Å². The summed E-state index contributed by atoms with van der Waals surface area (Å²) in [6, 6.07) is 20.3. The van der Waals surface area contributed by atoms with E-state index >= 15 is 0 Å². The molecule has 0 unspecified atom stereocenters. The Hall–Kier alpha value is -4.89. The number of hydrogen-bond acceptors (Lipinski definition) is 6. The molecular formula is C31H31N7O2. The fourth-order valence-corrected chi connectivity index (χ4v) is 4.85. The van der Waals surface area contributed by atoms with E-state index in [1.807, 2.05) is 83.2 Å². The third-order valence-corrected chi connectivity index (χ3v) is 7.10. The molecule has 202 valence electrons. The summed E-state index contributed by atoms with van der Waals surface area (Å²) in [6.45, 7) is 1.96. The van der Waals surface area contributed by atoms with Crippen molar-refractivity contribution >= 4 is 0 Å². The highest BCUT2D eigenvalue weighted by molar-refractivity contribution is 5.67. The van der Waals surface area contributed by atoms with Crippen molar-refractivity contribution in [3.8, 4) is 34.0 Å². The van der Waals surface area contributed by atoms with Gasteiger partial charge in [0.25, 0.3) is 0 Å². The second-order valence-electron chi connectivity index (χ2n) is 9.74. The van der Waals surface area contributed by atoms with E-state index in [4.69, 9.17) is 14.3 Å². The molecule has 0 spiro atoms. The molecule has 0 fully saturated rings. The summed E-state index contributed by atoms with van der Waals surface area (Å²) in [5.74, 6) is 3.57. The van der Waals surface area contributed by atoms with Crippen molar-refractivity contribution in [3.05, 3.63) is 115 Å². The van der Waals surface area contributed by atoms with E-state index in [9.17, 15) is 0 Å². The van der Waals surface area contributed by atoms with E-state index in [0.29, 0.717) is 19.6 Å². The highest BCUT2D eigenvalue weighted by Gasteiger charge is 2.21. The minimum atomic E-state index is 0.639. The van der Waals surface area contributed by atoms with Crippen LogP contribution < -0.4 is 4.74 Å². The Balaban J connectivity index is 1.33. The van der Waals surface area contributed by atoms with Crippen LogP contribution in [0, 0.1) is 0 Å². The fraction of sp³-hybridized carbons (Fsp3) is 0.194. The Morgan fingerprint density at radius 2 is 1.43 bits per heavy atom. The second kappa shape index (κ2) is 11.1. The molecule has 9 nitrogen and oxygen atoms in total. The molecule has 40 heavy (non-hydrogen) atoms. The van der Waals surface area contributed by atoms with E-state index < -0.39 is 0 Å². The van der Waals surface area contributed by atoms with Crippen molar-refractivity contribution in [2.24, 2.45) is 14.1 Å². The highest BCUT2D eigenvalue weighted by Crippen LogP contribution is 2.30. The Kier molecular flexibility index (Phi) is 7.03. The van der Waals surface area contributed by atoms with Crippen LogP contribution in [-0.2, 0) is 33.7 Å². The summed E-state index contributed by atoms with van der Waals surface area (Å²) >= 11 is 0. The van der Waals surface area contributed by atoms with Crippen LogP contribution in [0.5, 0.6) is 5.75 Å². The SMILES string of the molecule is COc1ccc(-c2ccc(-n3ncc(CN(Cc4nccn4C)Cc4nccn4C)c3-c3ccco3)cc2)cc1. The molecule has 0 aliphatic rings. The first-order valence-electron chi connectivity index (χ1n) is 13.1. The molecule has 6 rings (SSSR count). The topological polar surface area (TPSA) is 79.1 Å². The van der Waals surface area contributed by atoms with E-state index in [-0.39, 0.29) is 0 Å². The largest absolute Gasteiger partial charge is 0.497 e. The minimum Gasteiger partial charge on any atom is -0.497 e. The molecule has 0 aliphatic heterocycles. The van der Waals surface area contributed by atoms with Gasteiger partial charge in [-0.05, 0) is 47.5 Å². The van der Waals surface area contributed by atoms with Crippen molar-refractivity contribution < 1.29 is 9.15 Å². The number of nitrogens with zero attached hydrogens (tertiary/aromatic N) is 7. The van der Waals surface area contributed by atoms with Gasteiger partial charge in [0.1, 0.15) is 23.1 Å². The molecular weight excluding hydrogens is 502 g/mol. The zero-order valence-corrected chi connectivity index (χ0v) is 22.8. The Labute approximate surface area is 232 Å². The Bertz CT molecular complexity index is 1630. The van der Waals surface area contributed by atoms with Crippen LogP contribution in [0.3, 0.4) is 0 Å². The maximum Gasteiger partial charge on any atom is 0.152 e. The monoisotopic (exact) mass is 533 g/mol. The first kappa shape index (κ1) is 25.4. The van der Waals surface area contributed by atoms with Crippen LogP contribution in [0.25, 0.3) is 28.3 Å². The maximum absolute atomic E-state index is 5.90. The normalized spacial score (nSPS) is 11.4. The molecule has 0 radical (unpaired) electrons. The van der Waals surface area contributed by atoms with Gasteiger partial charge in [-0.15, -0.1) is 0 Å². The van der Waals surface area contributed by atoms with Gasteiger partial charge in [0.15, 0.2) is 5.76 Å². The molecule has 9 heteroatoms. The molecule has 6 aromatic rings. The van der Waals surface area contributed by atoms with E-state index in [1.54, 1.807) is 13.4 Å². The summed E-state index contributed by atoms with van der Waals surface area (Å²) in [5, 5.41) is 4.82. The lowest BCUT2D eigenvalue weighted by molar-refractivity contribution is 0.230. The average Bonchev–Trinajstić information content (AvgIpc) is 3.79. The molecule has 0 atom stereocenters. The second-order valence-corrected chi connectivity index (χ2v) is 9.74. The number of hydrogen-bond donors (Lipinski definition) is 0. The van der Waals surface area contributed by atoms with Crippen LogP contribution in [0.15, 0.2) is 102 Å². The maximum atomic E-state index is 5.90. The smallest absolute Gasteiger partial charge is 0.152 e. The average molecular weight is 534 g/mol. The minimum absolute atomic E-state index is 0.639. The number of rotatable bonds is 10. The molecule has 0 bridgehead atoms. The summed E-state index contributed by atoms with van der Waals surface area (Å²) in [4.78, 5) is 11.5. The zero-order chi connectivity index (χ0) is 27.5. The van der Waals surface area contributed by atoms with E-state index in [1.165, 1.54) is 0 Å². The van der Waals surface area contributed by atoms with Crippen molar-refractivity contribution in [1.29, 1.82) is 0 Å². The van der Waals surface area contributed by atoms with Crippen LogP contribution in [0.4, 0.5) is 0 Å². The van der Waals surface area contributed by atoms with Gasteiger partial charge in [-0.25, -0.2) is 14.6 Å². The molecule has 4 heterocycles. The lowest BCUT2D eigenvalue weighted by Crippen LogP contribution is -2.25. The summed E-state index contributed by atoms with van der Waals surface area (Å²) in [7, 11) is 5.71. The lowest BCUT2D eigenvalue weighted by Gasteiger charge is -2.22. The molecule has 0 saturated heterocycles. The van der Waals surface area contributed by atoms with Crippen molar-refractivity contribution in [2.45, 2.75) is 19.6 Å². The van der Waals surface area contributed by atoms with Crippen LogP contribution in [0.1, 0.15) is 17.2 Å². The summed E-state index contributed by atoms with van der Waals surface area (Å²) in [6.07, 6.45) is 11.2. The number of aromatic nitrogens is 6. The predicted octanol–water partition coefficient (Wildman–Crippen LogP) is 5.48. The standard InChI is InChI=1S/C31H31N7O2/c1-35-16-14-32-29(35)21-37(22-30-33-15-17-36(30)2)20-25-19-34-38(31(25)28-5-4-18-40-28)26-10-6-23(7-11-26)24-8-12-27(39-3)13-9-24/h4-19H,20-22H2,1-3H3. The lowest BCUT2D eigenvalue weighted by atomic mass is 10.1. The Morgan fingerprint density at radius 3 is 1.95 bits per heavy atom. The number of benzene rings is 2. The van der Waals surface area contributed by atoms with Gasteiger partial charge in [-0.2, -0.15) is 5.10 Å². The number of imidazole rings is 2. The third-order valence-electron chi connectivity index (χ3n) is 7.10. The van der Waals surface area contributed by atoms with Crippen molar-refractivity contribution in [2.75, 3.05) is 7.11 Å². The molecule has 2 aromatic carbocycles. The van der Waals surface area contributed by atoms with Gasteiger partial charge in [-0.3, -0.25) is 4.90 Å². The number of aryl methyl sites for hydroxylation is 2. The quantitative estimate of drug-likeness (QED) is 0.232. The number of methoxy groups -OCH3 is 1. The molecule has 0 saturated carbocycles. The van der Waals surface area contributed by atoms with Gasteiger partial charge >= 0.3 is 0 Å². The van der Waals surface area contributed by atoms with Crippen LogP contribution in [-0.4, -0.2) is 40.9 Å². The van der Waals surface area contributed by atoms with E-state index in [2.05, 4.69) is 51.3 Å². The number of ether oxygens (including phenoxy) is 1. The van der Waals surface area contributed by atoms with Gasteiger partial charge in [0.05, 0.1) is 38.3 Å². The highest BCUT2D eigenvalue weighted by atomic mass is 16.5. The number of furan rings is 1. The first-order chi connectivity index (χ1) is 19.6. The zero-order valence-electron chi connectivity index (χ0n) is 22.8. The first-order valence-corrected chi connectivity index (χ1v) is 13.1. The Morgan fingerprint density at radius 1 is 0.800 bits per heavy atom.